The molecular formula is C9H15F. The molecular weight excluding hydrogens is 127 g/mol. The third-order valence-electron chi connectivity index (χ3n) is 2.12. The van der Waals surface area contributed by atoms with Crippen LogP contribution in [-0.4, -0.2) is 0 Å². The van der Waals surface area contributed by atoms with Crippen LogP contribution in [0.5, 0.6) is 0 Å². The summed E-state index contributed by atoms with van der Waals surface area (Å²) in [7, 11) is 0. The molecule has 0 saturated heterocycles. The van der Waals surface area contributed by atoms with Crippen molar-refractivity contribution in [2.24, 2.45) is 5.92 Å². The standard InChI is InChI=1S/C9H15F/c1-8(10)7-9-5-3-2-4-6-9/h7,9H,2-6H2,1H3. The zero-order chi connectivity index (χ0) is 7.40. The Labute approximate surface area is 62.1 Å². The largest absolute Gasteiger partial charge is 0.212 e. The van der Waals surface area contributed by atoms with Crippen LogP contribution in [0.3, 0.4) is 0 Å². The lowest BCUT2D eigenvalue weighted by Crippen LogP contribution is -2.02. The fourth-order valence-corrected chi connectivity index (χ4v) is 1.63. The highest BCUT2D eigenvalue weighted by molar-refractivity contribution is 4.93. The molecule has 0 spiro atoms. The summed E-state index contributed by atoms with van der Waals surface area (Å²) in [6, 6.07) is 0. The fraction of sp³-hybridized carbons (Fsp3) is 0.778. The van der Waals surface area contributed by atoms with E-state index >= 15 is 0 Å². The number of rotatable bonds is 1. The average Bonchev–Trinajstić information content (AvgIpc) is 1.88. The van der Waals surface area contributed by atoms with E-state index in [2.05, 4.69) is 0 Å². The van der Waals surface area contributed by atoms with E-state index in [0.717, 1.165) is 0 Å². The van der Waals surface area contributed by atoms with Crippen molar-refractivity contribution < 1.29 is 4.39 Å². The Morgan fingerprint density at radius 1 is 1.30 bits per heavy atom. The minimum Gasteiger partial charge on any atom is -0.212 e. The zero-order valence-corrected chi connectivity index (χ0v) is 6.57. The van der Waals surface area contributed by atoms with Crippen LogP contribution in [0.25, 0.3) is 0 Å². The predicted molar refractivity (Wildman–Crippen MR) is 41.4 cm³/mol. The van der Waals surface area contributed by atoms with E-state index in [9.17, 15) is 4.39 Å². The predicted octanol–water partition coefficient (Wildman–Crippen LogP) is 3.44. The molecule has 1 rings (SSSR count). The van der Waals surface area contributed by atoms with Crippen molar-refractivity contribution in [3.05, 3.63) is 11.9 Å². The Balaban J connectivity index is 2.33. The summed E-state index contributed by atoms with van der Waals surface area (Å²) in [5.74, 6) is 0.533. The maximum atomic E-state index is 12.3. The molecule has 0 aromatic rings. The highest BCUT2D eigenvalue weighted by Crippen LogP contribution is 2.25. The van der Waals surface area contributed by atoms with Crippen LogP contribution in [0.4, 0.5) is 4.39 Å². The van der Waals surface area contributed by atoms with Crippen molar-refractivity contribution >= 4 is 0 Å². The van der Waals surface area contributed by atoms with Crippen LogP contribution in [0, 0.1) is 5.92 Å². The highest BCUT2D eigenvalue weighted by atomic mass is 19.1. The second-order valence-corrected chi connectivity index (χ2v) is 3.15. The molecule has 0 heterocycles. The summed E-state index contributed by atoms with van der Waals surface area (Å²) < 4.78 is 12.3. The van der Waals surface area contributed by atoms with Crippen molar-refractivity contribution in [1.82, 2.24) is 0 Å². The second kappa shape index (κ2) is 3.75. The summed E-state index contributed by atoms with van der Waals surface area (Å²) in [5.41, 5.74) is 0. The molecule has 0 aromatic heterocycles. The number of allylic oxidation sites excluding steroid dienone is 2. The molecule has 1 fully saturated rings. The van der Waals surface area contributed by atoms with Crippen LogP contribution in [0.15, 0.2) is 11.9 Å². The summed E-state index contributed by atoms with van der Waals surface area (Å²) >= 11 is 0. The molecule has 0 N–H and O–H groups in total. The number of hydrogen-bond donors (Lipinski definition) is 0. The molecule has 1 aliphatic carbocycles. The molecule has 0 bridgehead atoms. The first kappa shape index (κ1) is 7.77. The summed E-state index contributed by atoms with van der Waals surface area (Å²) in [5, 5.41) is 0. The van der Waals surface area contributed by atoms with Gasteiger partial charge in [-0.2, -0.15) is 0 Å². The first-order valence-electron chi connectivity index (χ1n) is 4.13. The van der Waals surface area contributed by atoms with Crippen LogP contribution in [0.1, 0.15) is 39.0 Å². The van der Waals surface area contributed by atoms with Crippen molar-refractivity contribution in [3.63, 3.8) is 0 Å². The Morgan fingerprint density at radius 2 is 1.90 bits per heavy atom. The molecule has 1 aliphatic rings. The molecule has 0 radical (unpaired) electrons. The fourth-order valence-electron chi connectivity index (χ4n) is 1.63. The summed E-state index contributed by atoms with van der Waals surface area (Å²) in [6.07, 6.45) is 8.08. The third-order valence-corrected chi connectivity index (χ3v) is 2.12. The zero-order valence-electron chi connectivity index (χ0n) is 6.57. The highest BCUT2D eigenvalue weighted by Gasteiger charge is 2.10. The van der Waals surface area contributed by atoms with E-state index in [4.69, 9.17) is 0 Å². The molecule has 0 atom stereocenters. The molecule has 0 amide bonds. The van der Waals surface area contributed by atoms with Gasteiger partial charge in [-0.3, -0.25) is 0 Å². The Morgan fingerprint density at radius 3 is 2.40 bits per heavy atom. The summed E-state index contributed by atoms with van der Waals surface area (Å²) in [6.45, 7) is 1.54. The van der Waals surface area contributed by atoms with E-state index in [1.165, 1.54) is 39.0 Å². The smallest absolute Gasteiger partial charge is 0.0931 e. The van der Waals surface area contributed by atoms with Gasteiger partial charge in [0.25, 0.3) is 0 Å². The van der Waals surface area contributed by atoms with E-state index < -0.39 is 0 Å². The Kier molecular flexibility index (Phi) is 2.91. The third kappa shape index (κ3) is 2.51. The van der Waals surface area contributed by atoms with Gasteiger partial charge in [-0.1, -0.05) is 25.3 Å². The van der Waals surface area contributed by atoms with Gasteiger partial charge in [-0.25, -0.2) is 4.39 Å². The minimum absolute atomic E-state index is 0.00750. The molecule has 1 heteroatoms. The Bertz CT molecular complexity index is 117. The lowest BCUT2D eigenvalue weighted by Gasteiger charge is -2.17. The van der Waals surface area contributed by atoms with Crippen LogP contribution >= 0.6 is 0 Å². The van der Waals surface area contributed by atoms with Gasteiger partial charge in [-0.05, 0) is 25.7 Å². The van der Waals surface area contributed by atoms with Gasteiger partial charge in [0.05, 0.1) is 5.83 Å². The van der Waals surface area contributed by atoms with Gasteiger partial charge in [0.1, 0.15) is 0 Å². The van der Waals surface area contributed by atoms with Crippen LogP contribution in [0.2, 0.25) is 0 Å². The second-order valence-electron chi connectivity index (χ2n) is 3.15. The molecule has 58 valence electrons. The van der Waals surface area contributed by atoms with Gasteiger partial charge in [-0.15, -0.1) is 0 Å². The van der Waals surface area contributed by atoms with Crippen molar-refractivity contribution in [1.29, 1.82) is 0 Å². The molecule has 10 heavy (non-hydrogen) atoms. The first-order valence-corrected chi connectivity index (χ1v) is 4.13. The Hall–Kier alpha value is -0.330. The van der Waals surface area contributed by atoms with Gasteiger partial charge in [0, 0.05) is 0 Å². The van der Waals surface area contributed by atoms with Gasteiger partial charge < -0.3 is 0 Å². The van der Waals surface area contributed by atoms with E-state index in [0.29, 0.717) is 5.92 Å². The molecule has 0 aliphatic heterocycles. The van der Waals surface area contributed by atoms with Crippen LogP contribution in [-0.2, 0) is 0 Å². The van der Waals surface area contributed by atoms with Gasteiger partial charge in [0.2, 0.25) is 0 Å². The topological polar surface area (TPSA) is 0 Å². The molecule has 0 aromatic carbocycles. The maximum Gasteiger partial charge on any atom is 0.0931 e. The van der Waals surface area contributed by atoms with Crippen LogP contribution < -0.4 is 0 Å². The van der Waals surface area contributed by atoms with Crippen molar-refractivity contribution in [2.75, 3.05) is 0 Å². The first-order chi connectivity index (χ1) is 4.79. The summed E-state index contributed by atoms with van der Waals surface area (Å²) in [4.78, 5) is 0. The molecule has 0 unspecified atom stereocenters. The average molecular weight is 142 g/mol. The number of hydrogen-bond acceptors (Lipinski definition) is 0. The minimum atomic E-state index is -0.00750. The van der Waals surface area contributed by atoms with Crippen molar-refractivity contribution in [2.45, 2.75) is 39.0 Å². The number of halogens is 1. The van der Waals surface area contributed by atoms with Crippen molar-refractivity contribution in [3.8, 4) is 0 Å². The molecule has 0 nitrogen and oxygen atoms in total. The van der Waals surface area contributed by atoms with Gasteiger partial charge in [0.15, 0.2) is 0 Å². The van der Waals surface area contributed by atoms with E-state index in [-0.39, 0.29) is 5.83 Å². The normalized spacial score (nSPS) is 23.2. The van der Waals surface area contributed by atoms with E-state index in [1.54, 1.807) is 6.08 Å². The van der Waals surface area contributed by atoms with E-state index in [1.807, 2.05) is 0 Å². The SMILES string of the molecule is CC(F)=CC1CCCCC1. The quantitative estimate of drug-likeness (QED) is 0.526. The lowest BCUT2D eigenvalue weighted by molar-refractivity contribution is 0.412. The lowest BCUT2D eigenvalue weighted by atomic mass is 9.89. The maximum absolute atomic E-state index is 12.3. The monoisotopic (exact) mass is 142 g/mol. The van der Waals surface area contributed by atoms with Gasteiger partial charge >= 0.3 is 0 Å². The molecule has 1 saturated carbocycles.